The van der Waals surface area contributed by atoms with Crippen molar-refractivity contribution in [3.63, 3.8) is 0 Å². The van der Waals surface area contributed by atoms with Gasteiger partial charge in [0.15, 0.2) is 30.5 Å². The summed E-state index contributed by atoms with van der Waals surface area (Å²) in [5.41, 5.74) is 1.70. The second-order valence-corrected chi connectivity index (χ2v) is 7.63. The Balaban J connectivity index is 1.48. The highest BCUT2D eigenvalue weighted by Crippen LogP contribution is 2.41. The molecule has 0 radical (unpaired) electrons. The highest BCUT2D eigenvalue weighted by Gasteiger charge is 2.32. The van der Waals surface area contributed by atoms with Crippen LogP contribution >= 0.6 is 0 Å². The fraction of sp³-hybridized carbons (Fsp3) is 0.348. The molecule has 0 saturated heterocycles. The molecule has 0 atom stereocenters. The van der Waals surface area contributed by atoms with Gasteiger partial charge in [0.05, 0.1) is 0 Å². The maximum absolute atomic E-state index is 12.2. The summed E-state index contributed by atoms with van der Waals surface area (Å²) in [6, 6.07) is 12.0. The summed E-state index contributed by atoms with van der Waals surface area (Å²) in [5, 5.41) is 2.70. The highest BCUT2D eigenvalue weighted by atomic mass is 16.6. The van der Waals surface area contributed by atoms with Gasteiger partial charge in [-0.2, -0.15) is 0 Å². The highest BCUT2D eigenvalue weighted by molar-refractivity contribution is 5.98. The van der Waals surface area contributed by atoms with Crippen LogP contribution in [-0.2, 0) is 20.7 Å². The lowest BCUT2D eigenvalue weighted by molar-refractivity contribution is -0.144. The van der Waals surface area contributed by atoms with Crippen molar-refractivity contribution in [3.05, 3.63) is 53.6 Å². The zero-order valence-corrected chi connectivity index (χ0v) is 17.3. The number of carbonyl (C=O) groups is 3. The number of hydrogen-bond donors (Lipinski definition) is 1. The molecule has 2 aromatic rings. The summed E-state index contributed by atoms with van der Waals surface area (Å²) in [7, 11) is 0. The van der Waals surface area contributed by atoms with Gasteiger partial charge in [0, 0.05) is 29.7 Å². The van der Waals surface area contributed by atoms with E-state index in [-0.39, 0.29) is 30.5 Å². The molecule has 0 aliphatic carbocycles. The first-order valence-electron chi connectivity index (χ1n) is 9.80. The van der Waals surface area contributed by atoms with E-state index in [0.29, 0.717) is 29.2 Å². The van der Waals surface area contributed by atoms with Crippen LogP contribution in [0, 0.1) is 0 Å². The number of amides is 1. The van der Waals surface area contributed by atoms with Crippen molar-refractivity contribution >= 4 is 23.3 Å². The van der Waals surface area contributed by atoms with E-state index in [1.54, 1.807) is 37.3 Å². The van der Waals surface area contributed by atoms with Crippen LogP contribution < -0.4 is 14.8 Å². The molecule has 1 amide bonds. The molecular formula is C23H25NO6. The van der Waals surface area contributed by atoms with Crippen LogP contribution in [0.5, 0.6) is 11.5 Å². The zero-order chi connectivity index (χ0) is 21.7. The number of carbonyl (C=O) groups excluding carboxylic acids is 3. The van der Waals surface area contributed by atoms with Gasteiger partial charge in [0.25, 0.3) is 0 Å². The van der Waals surface area contributed by atoms with Crippen molar-refractivity contribution in [1.82, 2.24) is 0 Å². The summed E-state index contributed by atoms with van der Waals surface area (Å²) in [6.45, 7) is 5.01. The SMILES string of the molecule is CCC(=O)Nc1ccc(C(=O)COC(=O)COc2cccc3c2OC(C)(C)C3)cc1. The first-order chi connectivity index (χ1) is 14.3. The van der Waals surface area contributed by atoms with E-state index in [2.05, 4.69) is 5.32 Å². The van der Waals surface area contributed by atoms with Gasteiger partial charge >= 0.3 is 5.97 Å². The lowest BCUT2D eigenvalue weighted by atomic mass is 10.0. The molecule has 0 bridgehead atoms. The second kappa shape index (κ2) is 8.98. The topological polar surface area (TPSA) is 90.9 Å². The Labute approximate surface area is 175 Å². The first kappa shape index (κ1) is 21.4. The fourth-order valence-electron chi connectivity index (χ4n) is 3.10. The van der Waals surface area contributed by atoms with Gasteiger partial charge < -0.3 is 19.5 Å². The first-order valence-corrected chi connectivity index (χ1v) is 9.80. The number of para-hydroxylation sites is 1. The molecule has 30 heavy (non-hydrogen) atoms. The van der Waals surface area contributed by atoms with Gasteiger partial charge in [-0.1, -0.05) is 19.1 Å². The molecule has 2 aromatic carbocycles. The largest absolute Gasteiger partial charge is 0.483 e. The second-order valence-electron chi connectivity index (χ2n) is 7.63. The van der Waals surface area contributed by atoms with E-state index in [1.165, 1.54) is 0 Å². The minimum Gasteiger partial charge on any atom is -0.483 e. The average molecular weight is 411 g/mol. The van der Waals surface area contributed by atoms with Crippen LogP contribution in [0.2, 0.25) is 0 Å². The quantitative estimate of drug-likeness (QED) is 0.528. The van der Waals surface area contributed by atoms with Crippen molar-refractivity contribution in [3.8, 4) is 11.5 Å². The van der Waals surface area contributed by atoms with Gasteiger partial charge in [0.2, 0.25) is 5.91 Å². The molecular weight excluding hydrogens is 386 g/mol. The van der Waals surface area contributed by atoms with Crippen LogP contribution in [0.25, 0.3) is 0 Å². The van der Waals surface area contributed by atoms with Gasteiger partial charge in [0.1, 0.15) is 5.60 Å². The average Bonchev–Trinajstić information content (AvgIpc) is 3.05. The summed E-state index contributed by atoms with van der Waals surface area (Å²) in [6.07, 6.45) is 1.13. The Kier molecular flexibility index (Phi) is 6.40. The zero-order valence-electron chi connectivity index (χ0n) is 17.3. The van der Waals surface area contributed by atoms with Crippen molar-refractivity contribution in [2.45, 2.75) is 39.2 Å². The van der Waals surface area contributed by atoms with Crippen molar-refractivity contribution in [2.24, 2.45) is 0 Å². The molecule has 1 N–H and O–H groups in total. The van der Waals surface area contributed by atoms with E-state index < -0.39 is 5.97 Å². The van der Waals surface area contributed by atoms with E-state index in [0.717, 1.165) is 12.0 Å². The predicted molar refractivity (Wildman–Crippen MR) is 111 cm³/mol. The Bertz CT molecular complexity index is 949. The third-order valence-corrected chi connectivity index (χ3v) is 4.58. The van der Waals surface area contributed by atoms with Crippen molar-refractivity contribution in [2.75, 3.05) is 18.5 Å². The number of ketones is 1. The third-order valence-electron chi connectivity index (χ3n) is 4.58. The van der Waals surface area contributed by atoms with Gasteiger partial charge in [-0.15, -0.1) is 0 Å². The van der Waals surface area contributed by atoms with Gasteiger partial charge in [-0.05, 0) is 44.2 Å². The van der Waals surface area contributed by atoms with Crippen molar-refractivity contribution in [1.29, 1.82) is 0 Å². The lowest BCUT2D eigenvalue weighted by Gasteiger charge is -2.18. The number of hydrogen-bond acceptors (Lipinski definition) is 6. The third kappa shape index (κ3) is 5.37. The number of esters is 1. The van der Waals surface area contributed by atoms with Crippen LogP contribution in [0.15, 0.2) is 42.5 Å². The Morgan fingerprint density at radius 1 is 1.07 bits per heavy atom. The van der Waals surface area contributed by atoms with E-state index in [1.807, 2.05) is 26.0 Å². The fourth-order valence-corrected chi connectivity index (χ4v) is 3.10. The minimum absolute atomic E-state index is 0.110. The minimum atomic E-state index is -0.648. The number of fused-ring (bicyclic) bond motifs is 1. The van der Waals surface area contributed by atoms with Gasteiger partial charge in [-0.25, -0.2) is 4.79 Å². The molecule has 158 valence electrons. The smallest absolute Gasteiger partial charge is 0.344 e. The van der Waals surface area contributed by atoms with Crippen molar-refractivity contribution < 1.29 is 28.6 Å². The molecule has 0 aromatic heterocycles. The van der Waals surface area contributed by atoms with Crippen LogP contribution in [0.4, 0.5) is 5.69 Å². The summed E-state index contributed by atoms with van der Waals surface area (Å²) in [5.74, 6) is 0.0150. The van der Waals surface area contributed by atoms with Crippen LogP contribution in [-0.4, -0.2) is 36.5 Å². The molecule has 0 spiro atoms. The standard InChI is InChI=1S/C23H25NO6/c1-4-20(26)24-17-10-8-15(9-11-17)18(25)13-29-21(27)14-28-19-7-5-6-16-12-23(2,3)30-22(16)19/h5-11H,4,12-14H2,1-3H3,(H,24,26). The number of rotatable bonds is 8. The molecule has 1 aliphatic rings. The summed E-state index contributed by atoms with van der Waals surface area (Å²) >= 11 is 0. The normalized spacial score (nSPS) is 13.7. The number of ether oxygens (including phenoxy) is 3. The molecule has 0 unspecified atom stereocenters. The number of nitrogens with one attached hydrogen (secondary N) is 1. The van der Waals surface area contributed by atoms with E-state index >= 15 is 0 Å². The van der Waals surface area contributed by atoms with Gasteiger partial charge in [-0.3, -0.25) is 9.59 Å². The van der Waals surface area contributed by atoms with Crippen LogP contribution in [0.3, 0.4) is 0 Å². The predicted octanol–water partition coefficient (Wildman–Crippen LogP) is 3.55. The summed E-state index contributed by atoms with van der Waals surface area (Å²) < 4.78 is 16.5. The Hall–Kier alpha value is -3.35. The van der Waals surface area contributed by atoms with Crippen LogP contribution in [0.1, 0.15) is 43.1 Å². The molecule has 0 fully saturated rings. The number of anilines is 1. The molecule has 0 saturated carbocycles. The van der Waals surface area contributed by atoms with E-state index in [9.17, 15) is 14.4 Å². The maximum Gasteiger partial charge on any atom is 0.344 e. The molecule has 1 aliphatic heterocycles. The monoisotopic (exact) mass is 411 g/mol. The molecule has 1 heterocycles. The molecule has 7 nitrogen and oxygen atoms in total. The summed E-state index contributed by atoms with van der Waals surface area (Å²) in [4.78, 5) is 35.6. The Morgan fingerprint density at radius 3 is 2.50 bits per heavy atom. The Morgan fingerprint density at radius 2 is 1.80 bits per heavy atom. The van der Waals surface area contributed by atoms with E-state index in [4.69, 9.17) is 14.2 Å². The number of Topliss-reactive ketones (excluding diaryl/α,β-unsaturated/α-hetero) is 1. The lowest BCUT2D eigenvalue weighted by Crippen LogP contribution is -2.25. The molecule has 7 heteroatoms. The molecule has 3 rings (SSSR count). The number of benzene rings is 2. The maximum atomic E-state index is 12.2.